The quantitative estimate of drug-likeness (QED) is 0.281. The Kier molecular flexibility index (Phi) is 3.77. The standard InChI is InChI=1S/C5H16N4O/c6-3-4(1-2-10)5(7,8)9/h4,10H,1-3,6-9H2. The van der Waals surface area contributed by atoms with Crippen LogP contribution in [0.5, 0.6) is 0 Å². The lowest BCUT2D eigenvalue weighted by molar-refractivity contribution is 0.204. The highest BCUT2D eigenvalue weighted by molar-refractivity contribution is 4.79. The van der Waals surface area contributed by atoms with Crippen LogP contribution in [-0.2, 0) is 0 Å². The molecule has 0 radical (unpaired) electrons. The van der Waals surface area contributed by atoms with Crippen LogP contribution in [0.2, 0.25) is 0 Å². The summed E-state index contributed by atoms with van der Waals surface area (Å²) in [6.45, 7) is 0.305. The average Bonchev–Trinajstić information content (AvgIpc) is 1.80. The van der Waals surface area contributed by atoms with Gasteiger partial charge >= 0.3 is 0 Å². The van der Waals surface area contributed by atoms with Crippen LogP contribution < -0.4 is 22.9 Å². The Balaban J connectivity index is 3.81. The lowest BCUT2D eigenvalue weighted by Crippen LogP contribution is -2.65. The van der Waals surface area contributed by atoms with E-state index >= 15 is 0 Å². The summed E-state index contributed by atoms with van der Waals surface area (Å²) in [7, 11) is 0. The Morgan fingerprint density at radius 2 is 1.80 bits per heavy atom. The predicted octanol–water partition coefficient (Wildman–Crippen LogP) is -2.53. The van der Waals surface area contributed by atoms with Gasteiger partial charge in [0.2, 0.25) is 0 Å². The van der Waals surface area contributed by atoms with Crippen molar-refractivity contribution in [2.75, 3.05) is 13.2 Å². The van der Waals surface area contributed by atoms with Gasteiger partial charge in [0.1, 0.15) is 5.79 Å². The molecule has 1 atom stereocenters. The molecule has 5 heteroatoms. The first-order chi connectivity index (χ1) is 4.52. The van der Waals surface area contributed by atoms with E-state index in [9.17, 15) is 0 Å². The van der Waals surface area contributed by atoms with Crippen molar-refractivity contribution in [2.24, 2.45) is 28.9 Å². The maximum atomic E-state index is 8.51. The normalized spacial score (nSPS) is 15.3. The molecule has 0 aromatic rings. The molecule has 0 rings (SSSR count). The smallest absolute Gasteiger partial charge is 0.120 e. The molecule has 0 aliphatic heterocycles. The second-order valence-corrected chi connectivity index (χ2v) is 2.44. The highest BCUT2D eigenvalue weighted by atomic mass is 16.3. The molecule has 0 aromatic heterocycles. The summed E-state index contributed by atoms with van der Waals surface area (Å²) in [6, 6.07) is 0. The van der Waals surface area contributed by atoms with Crippen LogP contribution in [0.25, 0.3) is 0 Å². The highest BCUT2D eigenvalue weighted by Gasteiger charge is 2.23. The summed E-state index contributed by atoms with van der Waals surface area (Å²) in [5.74, 6) is -1.49. The maximum Gasteiger partial charge on any atom is 0.120 e. The fraction of sp³-hybridized carbons (Fsp3) is 1.00. The van der Waals surface area contributed by atoms with Crippen LogP contribution in [0.1, 0.15) is 6.42 Å². The summed E-state index contributed by atoms with van der Waals surface area (Å²) in [5, 5.41) is 8.51. The molecule has 0 heterocycles. The van der Waals surface area contributed by atoms with Crippen LogP contribution in [0.3, 0.4) is 0 Å². The van der Waals surface area contributed by atoms with Crippen molar-refractivity contribution >= 4 is 0 Å². The van der Waals surface area contributed by atoms with Gasteiger partial charge < -0.3 is 28.0 Å². The zero-order valence-electron chi connectivity index (χ0n) is 5.96. The predicted molar refractivity (Wildman–Crippen MR) is 39.5 cm³/mol. The van der Waals surface area contributed by atoms with Gasteiger partial charge in [-0.2, -0.15) is 0 Å². The molecule has 0 spiro atoms. The van der Waals surface area contributed by atoms with Gasteiger partial charge in [0, 0.05) is 12.5 Å². The number of nitrogens with two attached hydrogens (primary N) is 4. The summed E-state index contributed by atoms with van der Waals surface area (Å²) in [6.07, 6.45) is 0.444. The molecule has 1 unspecified atom stereocenters. The van der Waals surface area contributed by atoms with Crippen molar-refractivity contribution in [3.63, 3.8) is 0 Å². The van der Waals surface area contributed by atoms with Crippen molar-refractivity contribution < 1.29 is 5.11 Å². The molecule has 0 saturated heterocycles. The van der Waals surface area contributed by atoms with Gasteiger partial charge in [-0.05, 0) is 13.0 Å². The first-order valence-electron chi connectivity index (χ1n) is 3.20. The van der Waals surface area contributed by atoms with Crippen LogP contribution >= 0.6 is 0 Å². The van der Waals surface area contributed by atoms with Gasteiger partial charge in [-0.15, -0.1) is 0 Å². The third-order valence-corrected chi connectivity index (χ3v) is 1.47. The van der Waals surface area contributed by atoms with Gasteiger partial charge in [-0.3, -0.25) is 0 Å². The molecule has 0 saturated carbocycles. The van der Waals surface area contributed by atoms with Crippen LogP contribution in [-0.4, -0.2) is 24.0 Å². The Bertz CT molecular complexity index is 90.1. The van der Waals surface area contributed by atoms with Gasteiger partial charge in [0.05, 0.1) is 0 Å². The van der Waals surface area contributed by atoms with Crippen LogP contribution in [0.4, 0.5) is 0 Å². The number of aliphatic hydroxyl groups is 1. The molecule has 0 aromatic carbocycles. The molecule has 0 aliphatic rings. The molecular formula is C5H16N4O. The van der Waals surface area contributed by atoms with Crippen molar-refractivity contribution in [1.82, 2.24) is 0 Å². The summed E-state index contributed by atoms with van der Waals surface area (Å²) in [5.41, 5.74) is 21.3. The van der Waals surface area contributed by atoms with Gasteiger partial charge in [-0.25, -0.2) is 0 Å². The first kappa shape index (κ1) is 9.80. The van der Waals surface area contributed by atoms with E-state index in [0.29, 0.717) is 13.0 Å². The molecule has 0 amide bonds. The second kappa shape index (κ2) is 3.85. The van der Waals surface area contributed by atoms with E-state index in [1.165, 1.54) is 0 Å². The summed E-state index contributed by atoms with van der Waals surface area (Å²) in [4.78, 5) is 0. The first-order valence-corrected chi connectivity index (χ1v) is 3.20. The maximum absolute atomic E-state index is 8.51. The fourth-order valence-electron chi connectivity index (χ4n) is 0.728. The molecule has 9 N–H and O–H groups in total. The van der Waals surface area contributed by atoms with Gasteiger partial charge in [0.25, 0.3) is 0 Å². The SMILES string of the molecule is NCC(CCO)C(N)(N)N. The minimum Gasteiger partial charge on any atom is -0.396 e. The number of aliphatic hydroxyl groups excluding tert-OH is 1. The van der Waals surface area contributed by atoms with E-state index in [0.717, 1.165) is 0 Å². The average molecular weight is 148 g/mol. The van der Waals surface area contributed by atoms with E-state index in [1.807, 2.05) is 0 Å². The van der Waals surface area contributed by atoms with Gasteiger partial charge in [0.15, 0.2) is 0 Å². The molecule has 0 fully saturated rings. The summed E-state index contributed by atoms with van der Waals surface area (Å²) < 4.78 is 0. The monoisotopic (exact) mass is 148 g/mol. The van der Waals surface area contributed by atoms with Gasteiger partial charge in [-0.1, -0.05) is 0 Å². The van der Waals surface area contributed by atoms with Crippen LogP contribution in [0.15, 0.2) is 0 Å². The third kappa shape index (κ3) is 3.09. The third-order valence-electron chi connectivity index (χ3n) is 1.47. The van der Waals surface area contributed by atoms with Crippen molar-refractivity contribution in [3.05, 3.63) is 0 Å². The topological polar surface area (TPSA) is 124 Å². The van der Waals surface area contributed by atoms with Crippen molar-refractivity contribution in [1.29, 1.82) is 0 Å². The largest absolute Gasteiger partial charge is 0.396 e. The zero-order valence-corrected chi connectivity index (χ0v) is 5.96. The molecule has 10 heavy (non-hydrogen) atoms. The zero-order chi connectivity index (χ0) is 8.20. The van der Waals surface area contributed by atoms with Crippen LogP contribution in [0, 0.1) is 5.92 Å². The molecular weight excluding hydrogens is 132 g/mol. The number of rotatable bonds is 4. The Labute approximate surface area is 60.4 Å². The van der Waals surface area contributed by atoms with E-state index < -0.39 is 5.79 Å². The highest BCUT2D eigenvalue weighted by Crippen LogP contribution is 2.05. The van der Waals surface area contributed by atoms with Crippen molar-refractivity contribution in [2.45, 2.75) is 12.2 Å². The molecule has 0 bridgehead atoms. The Morgan fingerprint density at radius 3 is 1.90 bits per heavy atom. The van der Waals surface area contributed by atoms with E-state index in [4.69, 9.17) is 28.0 Å². The molecule has 0 aliphatic carbocycles. The Morgan fingerprint density at radius 1 is 1.30 bits per heavy atom. The van der Waals surface area contributed by atoms with E-state index in [-0.39, 0.29) is 12.5 Å². The van der Waals surface area contributed by atoms with E-state index in [1.54, 1.807) is 0 Å². The Hall–Kier alpha value is -0.200. The van der Waals surface area contributed by atoms with E-state index in [2.05, 4.69) is 0 Å². The summed E-state index contributed by atoms with van der Waals surface area (Å²) >= 11 is 0. The molecule has 5 nitrogen and oxygen atoms in total. The fourth-order valence-corrected chi connectivity index (χ4v) is 0.728. The lowest BCUT2D eigenvalue weighted by atomic mass is 9.99. The number of hydrogen-bond acceptors (Lipinski definition) is 5. The van der Waals surface area contributed by atoms with Crippen molar-refractivity contribution in [3.8, 4) is 0 Å². The minimum atomic E-state index is -1.27. The second-order valence-electron chi connectivity index (χ2n) is 2.44. The molecule has 62 valence electrons. The lowest BCUT2D eigenvalue weighted by Gasteiger charge is -2.28. The minimum absolute atomic E-state index is 0.00914. The number of hydrogen-bond donors (Lipinski definition) is 5.